The Morgan fingerprint density at radius 2 is 2.00 bits per heavy atom. The van der Waals surface area contributed by atoms with Crippen LogP contribution in [0.25, 0.3) is 0 Å². The first-order valence-electron chi connectivity index (χ1n) is 8.25. The Morgan fingerprint density at radius 1 is 1.33 bits per heavy atom. The average Bonchev–Trinajstić information content (AvgIpc) is 3.27. The van der Waals surface area contributed by atoms with Gasteiger partial charge in [-0.25, -0.2) is 9.18 Å². The van der Waals surface area contributed by atoms with Gasteiger partial charge in [-0.1, -0.05) is 17.7 Å². The summed E-state index contributed by atoms with van der Waals surface area (Å²) in [6.45, 7) is 8.35. The van der Waals surface area contributed by atoms with Gasteiger partial charge in [-0.2, -0.15) is 0 Å². The van der Waals surface area contributed by atoms with E-state index >= 15 is 0 Å². The topological polar surface area (TPSA) is 50.4 Å². The van der Waals surface area contributed by atoms with E-state index in [2.05, 4.69) is 17.6 Å². The fourth-order valence-corrected chi connectivity index (χ4v) is 2.76. The number of carbonyl (C=O) groups is 1. The molecule has 0 bridgehead atoms. The largest absolute Gasteiger partial charge is 0.444 e. The maximum Gasteiger partial charge on any atom is 0.407 e. The first-order valence-corrected chi connectivity index (χ1v) is 8.63. The Hall–Kier alpha value is -1.33. The highest BCUT2D eigenvalue weighted by atomic mass is 35.5. The summed E-state index contributed by atoms with van der Waals surface area (Å²) in [6.07, 6.45) is 1.76. The Labute approximate surface area is 148 Å². The molecular weight excluding hydrogens is 331 g/mol. The van der Waals surface area contributed by atoms with Gasteiger partial charge in [0.05, 0.1) is 0 Å². The number of halogens is 2. The van der Waals surface area contributed by atoms with Crippen molar-refractivity contribution in [1.29, 1.82) is 0 Å². The summed E-state index contributed by atoms with van der Waals surface area (Å²) in [5, 5.41) is 6.60. The van der Waals surface area contributed by atoms with Crippen molar-refractivity contribution in [2.24, 2.45) is 5.92 Å². The van der Waals surface area contributed by atoms with Crippen LogP contribution in [0.3, 0.4) is 0 Å². The lowest BCUT2D eigenvalue weighted by Gasteiger charge is -2.32. The Balaban J connectivity index is 1.94. The number of rotatable bonds is 6. The smallest absolute Gasteiger partial charge is 0.407 e. The van der Waals surface area contributed by atoms with Crippen molar-refractivity contribution in [2.75, 3.05) is 6.54 Å². The molecule has 1 fully saturated rings. The monoisotopic (exact) mass is 356 g/mol. The minimum Gasteiger partial charge on any atom is -0.444 e. The summed E-state index contributed by atoms with van der Waals surface area (Å²) in [4.78, 5) is 11.9. The highest BCUT2D eigenvalue weighted by Gasteiger charge is 2.41. The zero-order valence-corrected chi connectivity index (χ0v) is 15.5. The molecule has 1 amide bonds. The molecule has 134 valence electrons. The van der Waals surface area contributed by atoms with Gasteiger partial charge in [0.1, 0.15) is 11.4 Å². The number of alkyl carbamates (subject to hydrolysis) is 1. The summed E-state index contributed by atoms with van der Waals surface area (Å²) in [6, 6.07) is 4.67. The molecule has 1 aliphatic rings. The second kappa shape index (κ2) is 7.28. The molecule has 1 saturated carbocycles. The molecule has 4 nitrogen and oxygen atoms in total. The number of nitrogens with one attached hydrogen (secondary N) is 2. The van der Waals surface area contributed by atoms with Crippen molar-refractivity contribution < 1.29 is 13.9 Å². The summed E-state index contributed by atoms with van der Waals surface area (Å²) in [5.41, 5.74) is -0.272. The van der Waals surface area contributed by atoms with Gasteiger partial charge in [0.25, 0.3) is 0 Å². The molecule has 1 unspecified atom stereocenters. The number of benzene rings is 1. The van der Waals surface area contributed by atoms with Crippen molar-refractivity contribution in [3.8, 4) is 0 Å². The van der Waals surface area contributed by atoms with Gasteiger partial charge in [-0.15, -0.1) is 0 Å². The van der Waals surface area contributed by atoms with Crippen LogP contribution in [0.4, 0.5) is 9.18 Å². The number of hydrogen-bond donors (Lipinski definition) is 2. The number of ether oxygens (including phenoxy) is 1. The normalized spacial score (nSPS) is 17.2. The van der Waals surface area contributed by atoms with E-state index in [1.165, 1.54) is 6.07 Å². The lowest BCUT2D eigenvalue weighted by atomic mass is 9.95. The van der Waals surface area contributed by atoms with Crippen LogP contribution in [0, 0.1) is 11.7 Å². The van der Waals surface area contributed by atoms with Gasteiger partial charge in [0.2, 0.25) is 0 Å². The van der Waals surface area contributed by atoms with Crippen molar-refractivity contribution >= 4 is 17.7 Å². The van der Waals surface area contributed by atoms with E-state index in [4.69, 9.17) is 16.3 Å². The molecule has 2 N–H and O–H groups in total. The summed E-state index contributed by atoms with van der Waals surface area (Å²) in [5.74, 6) is 0.135. The van der Waals surface area contributed by atoms with Gasteiger partial charge >= 0.3 is 6.09 Å². The molecule has 0 radical (unpaired) electrons. The van der Waals surface area contributed by atoms with Crippen LogP contribution in [0.2, 0.25) is 5.02 Å². The minimum absolute atomic E-state index is 0.303. The quantitative estimate of drug-likeness (QED) is 0.800. The second-order valence-electron chi connectivity index (χ2n) is 7.64. The third-order valence-electron chi connectivity index (χ3n) is 4.18. The predicted octanol–water partition coefficient (Wildman–Crippen LogP) is 4.26. The van der Waals surface area contributed by atoms with Gasteiger partial charge in [-0.3, -0.25) is 0 Å². The molecule has 0 aliphatic heterocycles. The molecule has 1 aliphatic carbocycles. The standard InChI is InChI=1S/C18H26ClFN2O2/c1-17(2,3)24-16(23)21-11-18(4,13-6-7-13)22-10-12-5-8-14(19)9-15(12)20/h5,8-9,13,22H,6-7,10-11H2,1-4H3,(H,21,23). The molecule has 2 rings (SSSR count). The van der Waals surface area contributed by atoms with Gasteiger partial charge in [0, 0.05) is 29.2 Å². The molecule has 0 aromatic heterocycles. The van der Waals surface area contributed by atoms with Crippen molar-refractivity contribution in [2.45, 2.75) is 58.2 Å². The number of carbonyl (C=O) groups excluding carboxylic acids is 1. The highest BCUT2D eigenvalue weighted by molar-refractivity contribution is 6.30. The van der Waals surface area contributed by atoms with Crippen LogP contribution in [-0.2, 0) is 11.3 Å². The third-order valence-corrected chi connectivity index (χ3v) is 4.41. The number of hydrogen-bond acceptors (Lipinski definition) is 3. The SMILES string of the molecule is CC(C)(C)OC(=O)NCC(C)(NCc1ccc(Cl)cc1F)C1CC1. The van der Waals surface area contributed by atoms with E-state index in [1.807, 2.05) is 20.8 Å². The van der Waals surface area contributed by atoms with Crippen molar-refractivity contribution in [3.63, 3.8) is 0 Å². The molecule has 6 heteroatoms. The van der Waals surface area contributed by atoms with E-state index in [0.29, 0.717) is 29.6 Å². The first kappa shape index (κ1) is 19.0. The maximum absolute atomic E-state index is 13.9. The summed E-state index contributed by atoms with van der Waals surface area (Å²) < 4.78 is 19.2. The summed E-state index contributed by atoms with van der Waals surface area (Å²) >= 11 is 5.78. The third kappa shape index (κ3) is 5.64. The molecule has 0 heterocycles. The highest BCUT2D eigenvalue weighted by Crippen LogP contribution is 2.39. The zero-order chi connectivity index (χ0) is 18.0. The van der Waals surface area contributed by atoms with Crippen LogP contribution in [0.1, 0.15) is 46.1 Å². The fourth-order valence-electron chi connectivity index (χ4n) is 2.60. The average molecular weight is 357 g/mol. The van der Waals surface area contributed by atoms with Crippen molar-refractivity contribution in [1.82, 2.24) is 10.6 Å². The molecule has 24 heavy (non-hydrogen) atoms. The lowest BCUT2D eigenvalue weighted by molar-refractivity contribution is 0.0507. The molecule has 1 aromatic rings. The lowest BCUT2D eigenvalue weighted by Crippen LogP contribution is -2.53. The molecule has 0 spiro atoms. The number of amides is 1. The van der Waals surface area contributed by atoms with Crippen LogP contribution < -0.4 is 10.6 Å². The maximum atomic E-state index is 13.9. The second-order valence-corrected chi connectivity index (χ2v) is 8.07. The van der Waals surface area contributed by atoms with E-state index in [-0.39, 0.29) is 11.4 Å². The fraction of sp³-hybridized carbons (Fsp3) is 0.611. The van der Waals surface area contributed by atoms with E-state index < -0.39 is 11.7 Å². The summed E-state index contributed by atoms with van der Waals surface area (Å²) in [7, 11) is 0. The molecular formula is C18H26ClFN2O2. The van der Waals surface area contributed by atoms with Gasteiger partial charge in [0.15, 0.2) is 0 Å². The van der Waals surface area contributed by atoms with Crippen LogP contribution in [0.5, 0.6) is 0 Å². The minimum atomic E-state index is -0.528. The predicted molar refractivity (Wildman–Crippen MR) is 93.6 cm³/mol. The molecule has 1 aromatic carbocycles. The van der Waals surface area contributed by atoms with Crippen LogP contribution >= 0.6 is 11.6 Å². The van der Waals surface area contributed by atoms with Crippen molar-refractivity contribution in [3.05, 3.63) is 34.6 Å². The van der Waals surface area contributed by atoms with Crippen LogP contribution in [0.15, 0.2) is 18.2 Å². The molecule has 1 atom stereocenters. The first-order chi connectivity index (χ1) is 11.1. The Bertz CT molecular complexity index is 599. The van der Waals surface area contributed by atoms with Crippen LogP contribution in [-0.4, -0.2) is 23.8 Å². The Morgan fingerprint density at radius 3 is 2.54 bits per heavy atom. The molecule has 0 saturated heterocycles. The Kier molecular flexibility index (Phi) is 5.76. The van der Waals surface area contributed by atoms with E-state index in [0.717, 1.165) is 12.8 Å². The van der Waals surface area contributed by atoms with E-state index in [1.54, 1.807) is 12.1 Å². The zero-order valence-electron chi connectivity index (χ0n) is 14.7. The van der Waals surface area contributed by atoms with E-state index in [9.17, 15) is 9.18 Å². The van der Waals surface area contributed by atoms with Gasteiger partial charge in [-0.05, 0) is 58.6 Å². The van der Waals surface area contributed by atoms with Gasteiger partial charge < -0.3 is 15.4 Å².